The Balaban J connectivity index is 2.05. The van der Waals surface area contributed by atoms with E-state index < -0.39 is 16.7 Å². The Morgan fingerprint density at radius 3 is 2.35 bits per heavy atom. The summed E-state index contributed by atoms with van der Waals surface area (Å²) in [5.41, 5.74) is 3.98. The molecule has 0 unspecified atom stereocenters. The van der Waals surface area contributed by atoms with Crippen LogP contribution in [0, 0.1) is 45.3 Å². The molecule has 2 aliphatic heterocycles. The highest BCUT2D eigenvalue weighted by Crippen LogP contribution is 2.65. The summed E-state index contributed by atoms with van der Waals surface area (Å²) in [6.07, 6.45) is 5.76. The second-order valence-corrected chi connectivity index (χ2v) is 5.87. The molecule has 2 fully saturated rings. The van der Waals surface area contributed by atoms with Gasteiger partial charge in [0.05, 0.1) is 25.4 Å². The number of nitrogens with two attached hydrogens (primary N) is 1. The van der Waals surface area contributed by atoms with Crippen LogP contribution in [0.25, 0.3) is 0 Å². The zero-order valence-electron chi connectivity index (χ0n) is 10.9. The van der Waals surface area contributed by atoms with Crippen molar-refractivity contribution in [2.24, 2.45) is 28.4 Å². The summed E-state index contributed by atoms with van der Waals surface area (Å²) in [6.45, 7) is 0.790. The van der Waals surface area contributed by atoms with Crippen molar-refractivity contribution >= 4 is 5.84 Å². The van der Waals surface area contributed by atoms with Gasteiger partial charge in [-0.15, -0.1) is 0 Å². The molecule has 0 aromatic rings. The predicted octanol–water partition coefficient (Wildman–Crippen LogP) is -1.25. The standard InChI is InChI=1S/C14H14N4O2/c15-7-12-9-1-3-10(4-2-9)13(12,8-16)14(18-11(12)17)19-5-6-20-14/h1,3,9-10H,2,4-6H2,(H2,17,18)/p+1/t9-,10-,12+,13-/m1/s1. The van der Waals surface area contributed by atoms with Crippen molar-refractivity contribution < 1.29 is 14.5 Å². The molecule has 3 N–H and O–H groups in total. The Bertz CT molecular complexity index is 622. The number of fused-ring (bicyclic) bond motifs is 1. The van der Waals surface area contributed by atoms with Gasteiger partial charge in [0.1, 0.15) is 0 Å². The summed E-state index contributed by atoms with van der Waals surface area (Å²) in [5.74, 6) is -1.14. The van der Waals surface area contributed by atoms with Crippen LogP contribution in [0.2, 0.25) is 0 Å². The van der Waals surface area contributed by atoms with Gasteiger partial charge in [0.15, 0.2) is 10.8 Å². The minimum atomic E-state index is -1.28. The normalized spacial score (nSPS) is 46.8. The van der Waals surface area contributed by atoms with Crippen LogP contribution in [-0.4, -0.2) is 25.0 Å². The maximum Gasteiger partial charge on any atom is 0.343 e. The smallest absolute Gasteiger partial charge is 0.311 e. The Hall–Kier alpha value is -1.89. The van der Waals surface area contributed by atoms with Gasteiger partial charge in [-0.25, -0.2) is 4.99 Å². The topological polar surface area (TPSA) is 106 Å². The molecule has 0 amide bonds. The van der Waals surface area contributed by atoms with E-state index in [9.17, 15) is 10.5 Å². The molecule has 1 saturated heterocycles. The van der Waals surface area contributed by atoms with Gasteiger partial charge in [0.25, 0.3) is 5.84 Å². The maximum absolute atomic E-state index is 10.0. The monoisotopic (exact) mass is 271 g/mol. The Morgan fingerprint density at radius 2 is 1.80 bits per heavy atom. The molecule has 3 aliphatic carbocycles. The third kappa shape index (κ3) is 0.895. The van der Waals surface area contributed by atoms with Crippen molar-refractivity contribution in [3.63, 3.8) is 0 Å². The molecule has 5 aliphatic rings. The van der Waals surface area contributed by atoms with Gasteiger partial charge >= 0.3 is 5.91 Å². The first-order valence-electron chi connectivity index (χ1n) is 6.87. The number of nitrogens with zero attached hydrogens (tertiary/aromatic N) is 2. The van der Waals surface area contributed by atoms with E-state index in [4.69, 9.17) is 15.2 Å². The summed E-state index contributed by atoms with van der Waals surface area (Å²) < 4.78 is 11.5. The summed E-state index contributed by atoms with van der Waals surface area (Å²) in [6, 6.07) is 4.72. The molecule has 102 valence electrons. The van der Waals surface area contributed by atoms with Crippen LogP contribution in [0.3, 0.4) is 0 Å². The second kappa shape index (κ2) is 3.41. The molecule has 1 spiro atoms. The minimum Gasteiger partial charge on any atom is -0.311 e. The SMILES string of the molecule is N#C[C@@]12[C@@H]3C=C[C@H](CC3)[C@@]1(C#N)C(N)=[NH+]C21OCCO1. The molecule has 5 rings (SSSR count). The van der Waals surface area contributed by atoms with Crippen molar-refractivity contribution in [3.8, 4) is 12.1 Å². The molecule has 4 atom stereocenters. The zero-order chi connectivity index (χ0) is 14.0. The van der Waals surface area contributed by atoms with E-state index >= 15 is 0 Å². The molecule has 0 aromatic carbocycles. The zero-order valence-corrected chi connectivity index (χ0v) is 10.9. The summed E-state index contributed by atoms with van der Waals surface area (Å²) in [7, 11) is 0. The predicted molar refractivity (Wildman–Crippen MR) is 66.2 cm³/mol. The van der Waals surface area contributed by atoms with Crippen LogP contribution in [0.4, 0.5) is 0 Å². The molecule has 1 saturated carbocycles. The first kappa shape index (κ1) is 11.9. The molecule has 0 aromatic heterocycles. The molecular formula is C14H15N4O2+. The molecule has 0 radical (unpaired) electrons. The average Bonchev–Trinajstić information content (AvgIpc) is 3.04. The summed E-state index contributed by atoms with van der Waals surface area (Å²) >= 11 is 0. The highest BCUT2D eigenvalue weighted by Gasteiger charge is 2.84. The van der Waals surface area contributed by atoms with E-state index in [2.05, 4.69) is 17.1 Å². The van der Waals surface area contributed by atoms with Crippen LogP contribution < -0.4 is 10.7 Å². The fraction of sp³-hybridized carbons (Fsp3) is 0.643. The van der Waals surface area contributed by atoms with E-state index in [-0.39, 0.29) is 11.8 Å². The number of allylic oxidation sites excluding steroid dienone is 2. The number of hydrogen-bond donors (Lipinski definition) is 2. The Labute approximate surface area is 116 Å². The largest absolute Gasteiger partial charge is 0.343 e. The number of nitriles is 2. The quantitative estimate of drug-likeness (QED) is 0.536. The first-order chi connectivity index (χ1) is 9.67. The van der Waals surface area contributed by atoms with Crippen LogP contribution in [-0.2, 0) is 9.47 Å². The fourth-order valence-electron chi connectivity index (χ4n) is 4.60. The highest BCUT2D eigenvalue weighted by molar-refractivity contribution is 5.89. The second-order valence-electron chi connectivity index (χ2n) is 5.87. The van der Waals surface area contributed by atoms with Gasteiger partial charge in [-0.1, -0.05) is 12.2 Å². The van der Waals surface area contributed by atoms with Crippen molar-refractivity contribution in [2.75, 3.05) is 13.2 Å². The summed E-state index contributed by atoms with van der Waals surface area (Å²) in [5, 5.41) is 19.9. The fourth-order valence-corrected chi connectivity index (χ4v) is 4.60. The maximum atomic E-state index is 10.0. The number of rotatable bonds is 0. The van der Waals surface area contributed by atoms with Gasteiger partial charge in [-0.2, -0.15) is 10.5 Å². The third-order valence-electron chi connectivity index (χ3n) is 5.39. The molecular weight excluding hydrogens is 256 g/mol. The molecule has 6 heteroatoms. The van der Waals surface area contributed by atoms with Crippen LogP contribution in [0.15, 0.2) is 12.2 Å². The lowest BCUT2D eigenvalue weighted by molar-refractivity contribution is -0.681. The van der Waals surface area contributed by atoms with E-state index in [0.717, 1.165) is 12.8 Å². The van der Waals surface area contributed by atoms with Crippen LogP contribution >= 0.6 is 0 Å². The van der Waals surface area contributed by atoms with E-state index in [0.29, 0.717) is 19.0 Å². The van der Waals surface area contributed by atoms with Crippen LogP contribution in [0.5, 0.6) is 0 Å². The van der Waals surface area contributed by atoms with Crippen molar-refractivity contribution in [1.82, 2.24) is 0 Å². The number of hydrogen-bond acceptors (Lipinski definition) is 5. The molecule has 2 bridgehead atoms. The molecule has 6 nitrogen and oxygen atoms in total. The van der Waals surface area contributed by atoms with Gasteiger partial charge in [-0.05, 0) is 12.8 Å². The average molecular weight is 271 g/mol. The minimum absolute atomic E-state index is 0.0724. The Kier molecular flexibility index (Phi) is 2.03. The third-order valence-corrected chi connectivity index (χ3v) is 5.39. The summed E-state index contributed by atoms with van der Waals surface area (Å²) in [4.78, 5) is 3.02. The van der Waals surface area contributed by atoms with Crippen molar-refractivity contribution in [1.29, 1.82) is 10.5 Å². The van der Waals surface area contributed by atoms with Gasteiger partial charge in [0.2, 0.25) is 0 Å². The van der Waals surface area contributed by atoms with Gasteiger partial charge < -0.3 is 9.47 Å². The number of ether oxygens (including phenoxy) is 2. The lowest BCUT2D eigenvalue weighted by Crippen LogP contribution is -2.89. The lowest BCUT2D eigenvalue weighted by Gasteiger charge is -2.52. The number of nitrogens with one attached hydrogen (secondary N) is 1. The van der Waals surface area contributed by atoms with Crippen LogP contribution in [0.1, 0.15) is 12.8 Å². The molecule has 20 heavy (non-hydrogen) atoms. The van der Waals surface area contributed by atoms with E-state index in [1.807, 2.05) is 12.2 Å². The van der Waals surface area contributed by atoms with E-state index in [1.165, 1.54) is 0 Å². The molecule has 2 heterocycles. The first-order valence-corrected chi connectivity index (χ1v) is 6.87. The highest BCUT2D eigenvalue weighted by atomic mass is 16.8. The lowest BCUT2D eigenvalue weighted by atomic mass is 9.45. The van der Waals surface area contributed by atoms with Crippen molar-refractivity contribution in [2.45, 2.75) is 18.8 Å². The van der Waals surface area contributed by atoms with Crippen molar-refractivity contribution in [3.05, 3.63) is 12.2 Å². The van der Waals surface area contributed by atoms with Gasteiger partial charge in [-0.3, -0.25) is 5.73 Å². The van der Waals surface area contributed by atoms with E-state index in [1.54, 1.807) is 0 Å². The Morgan fingerprint density at radius 1 is 1.15 bits per heavy atom. The van der Waals surface area contributed by atoms with Gasteiger partial charge in [0, 0.05) is 11.8 Å². The number of amidine groups is 1.